The minimum Gasteiger partial charge on any atom is -0.468 e. The van der Waals surface area contributed by atoms with Gasteiger partial charge in [-0.25, -0.2) is 14.9 Å². The van der Waals surface area contributed by atoms with Crippen molar-refractivity contribution in [3.8, 4) is 0 Å². The van der Waals surface area contributed by atoms with Crippen molar-refractivity contribution in [1.29, 1.82) is 0 Å². The fraction of sp³-hybridized carbons (Fsp3) is 0.800. The van der Waals surface area contributed by atoms with Gasteiger partial charge in [0, 0.05) is 0 Å². The lowest BCUT2D eigenvalue weighted by Crippen LogP contribution is -2.55. The predicted molar refractivity (Wildman–Crippen MR) is 87.1 cm³/mol. The third kappa shape index (κ3) is 5.12. The predicted octanol–water partition coefficient (Wildman–Crippen LogP) is 1.03. The zero-order valence-corrected chi connectivity index (χ0v) is 15.2. The molecule has 0 spiro atoms. The second-order valence-electron chi connectivity index (χ2n) is 7.13. The number of ether oxygens (including phenoxy) is 2. The molecule has 10 heteroatoms. The van der Waals surface area contributed by atoms with Crippen LogP contribution < -0.4 is 10.9 Å². The molecular formula is C15H26N6O4. The fourth-order valence-electron chi connectivity index (χ4n) is 2.87. The molecule has 1 aliphatic carbocycles. The fourth-order valence-corrected chi connectivity index (χ4v) is 2.87. The summed E-state index contributed by atoms with van der Waals surface area (Å²) < 4.78 is 11.3. The monoisotopic (exact) mass is 354 g/mol. The number of nitrogens with one attached hydrogen (secondary N) is 2. The third-order valence-electron chi connectivity index (χ3n) is 3.98. The maximum atomic E-state index is 12.0. The van der Waals surface area contributed by atoms with E-state index in [9.17, 15) is 9.59 Å². The number of tetrazole rings is 1. The summed E-state index contributed by atoms with van der Waals surface area (Å²) in [6.45, 7) is 5.29. The molecule has 0 unspecified atom stereocenters. The smallest absolute Gasteiger partial charge is 0.422 e. The highest BCUT2D eigenvalue weighted by atomic mass is 16.6. The first kappa shape index (κ1) is 19.1. The molecule has 0 saturated heterocycles. The van der Waals surface area contributed by atoms with E-state index in [1.54, 1.807) is 20.8 Å². The van der Waals surface area contributed by atoms with Gasteiger partial charge < -0.3 is 9.47 Å². The summed E-state index contributed by atoms with van der Waals surface area (Å²) in [5, 5.41) is 11.7. The highest BCUT2D eigenvalue weighted by Gasteiger charge is 2.40. The molecule has 1 aliphatic rings. The minimum atomic E-state index is -0.660. The molecule has 0 radical (unpaired) electrons. The van der Waals surface area contributed by atoms with Crippen LogP contribution in [0.1, 0.15) is 58.7 Å². The standard InChI is InChI=1S/C15H26N6O4/c1-14(2,3)25-13(23)17-18-15(8-6-5-7-9-15)12-16-19-20-21(12)10-11(22)24-4/h18H,5-10H2,1-4H3,(H,17,23). The van der Waals surface area contributed by atoms with E-state index in [1.165, 1.54) is 11.8 Å². The molecule has 0 aromatic carbocycles. The number of hydrazine groups is 1. The largest absolute Gasteiger partial charge is 0.468 e. The molecule has 2 rings (SSSR count). The van der Waals surface area contributed by atoms with Crippen LogP contribution in [0.3, 0.4) is 0 Å². The summed E-state index contributed by atoms with van der Waals surface area (Å²) in [4.78, 5) is 23.6. The molecule has 2 N–H and O–H groups in total. The van der Waals surface area contributed by atoms with Crippen LogP contribution in [-0.4, -0.2) is 45.0 Å². The molecule has 140 valence electrons. The molecule has 1 heterocycles. The Morgan fingerprint density at radius 3 is 2.52 bits per heavy atom. The Bertz CT molecular complexity index is 603. The lowest BCUT2D eigenvalue weighted by atomic mass is 9.81. The van der Waals surface area contributed by atoms with E-state index >= 15 is 0 Å². The number of hydrogen-bond acceptors (Lipinski definition) is 8. The van der Waals surface area contributed by atoms with Crippen LogP contribution in [0.5, 0.6) is 0 Å². The van der Waals surface area contributed by atoms with Crippen LogP contribution in [0.15, 0.2) is 0 Å². The van der Waals surface area contributed by atoms with E-state index in [-0.39, 0.29) is 6.54 Å². The van der Waals surface area contributed by atoms with Crippen molar-refractivity contribution in [1.82, 2.24) is 31.1 Å². The molecule has 1 aromatic heterocycles. The van der Waals surface area contributed by atoms with E-state index in [0.717, 1.165) is 32.1 Å². The molecule has 1 aromatic rings. The quantitative estimate of drug-likeness (QED) is 0.594. The summed E-state index contributed by atoms with van der Waals surface area (Å²) in [5.41, 5.74) is 4.39. The van der Waals surface area contributed by atoms with E-state index in [0.29, 0.717) is 5.82 Å². The Labute approximate surface area is 146 Å². The summed E-state index contributed by atoms with van der Waals surface area (Å²) in [5.74, 6) is 0.0493. The van der Waals surface area contributed by atoms with Gasteiger partial charge in [-0.1, -0.05) is 19.3 Å². The van der Waals surface area contributed by atoms with Gasteiger partial charge in [0.2, 0.25) is 0 Å². The molecular weight excluding hydrogens is 328 g/mol. The Hall–Kier alpha value is -2.23. The Morgan fingerprint density at radius 1 is 1.24 bits per heavy atom. The number of methoxy groups -OCH3 is 1. The average molecular weight is 354 g/mol. The highest BCUT2D eigenvalue weighted by Crippen LogP contribution is 2.35. The van der Waals surface area contributed by atoms with Crippen LogP contribution in [0, 0.1) is 0 Å². The van der Waals surface area contributed by atoms with Gasteiger partial charge in [0.15, 0.2) is 5.82 Å². The Kier molecular flexibility index (Phi) is 5.93. The van der Waals surface area contributed by atoms with Crippen LogP contribution in [-0.2, 0) is 26.4 Å². The first-order valence-electron chi connectivity index (χ1n) is 8.35. The third-order valence-corrected chi connectivity index (χ3v) is 3.98. The lowest BCUT2D eigenvalue weighted by Gasteiger charge is -2.36. The second kappa shape index (κ2) is 7.77. The molecule has 0 atom stereocenters. The summed E-state index contributed by atoms with van der Waals surface area (Å²) in [7, 11) is 1.31. The molecule has 0 bridgehead atoms. The van der Waals surface area contributed by atoms with E-state index in [1.807, 2.05) is 0 Å². The summed E-state index contributed by atoms with van der Waals surface area (Å²) in [6.07, 6.45) is 3.87. The number of amides is 1. The number of hydrogen-bond donors (Lipinski definition) is 2. The van der Waals surface area contributed by atoms with Crippen molar-refractivity contribution in [2.24, 2.45) is 0 Å². The number of carbonyl (C=O) groups is 2. The Morgan fingerprint density at radius 2 is 1.92 bits per heavy atom. The van der Waals surface area contributed by atoms with Crippen molar-refractivity contribution < 1.29 is 19.1 Å². The SMILES string of the molecule is COC(=O)Cn1nnnc1C1(NNC(=O)OC(C)(C)C)CCCCC1. The normalized spacial score (nSPS) is 17.0. The van der Waals surface area contributed by atoms with Crippen LogP contribution in [0.2, 0.25) is 0 Å². The zero-order valence-electron chi connectivity index (χ0n) is 15.2. The van der Waals surface area contributed by atoms with Crippen LogP contribution in [0.25, 0.3) is 0 Å². The van der Waals surface area contributed by atoms with Gasteiger partial charge in [-0.3, -0.25) is 10.2 Å². The highest BCUT2D eigenvalue weighted by molar-refractivity contribution is 5.69. The Balaban J connectivity index is 2.17. The maximum absolute atomic E-state index is 12.0. The average Bonchev–Trinajstić information content (AvgIpc) is 3.01. The van der Waals surface area contributed by atoms with Gasteiger partial charge in [0.05, 0.1) is 12.6 Å². The van der Waals surface area contributed by atoms with E-state index < -0.39 is 23.2 Å². The van der Waals surface area contributed by atoms with E-state index in [2.05, 4.69) is 31.1 Å². The number of rotatable bonds is 5. The molecule has 1 fully saturated rings. The number of aromatic nitrogens is 4. The zero-order chi connectivity index (χ0) is 18.5. The lowest BCUT2D eigenvalue weighted by molar-refractivity contribution is -0.141. The first-order valence-corrected chi connectivity index (χ1v) is 8.35. The van der Waals surface area contributed by atoms with Crippen molar-refractivity contribution in [2.45, 2.75) is 70.6 Å². The second-order valence-corrected chi connectivity index (χ2v) is 7.13. The van der Waals surface area contributed by atoms with Gasteiger partial charge in [-0.15, -0.1) is 5.10 Å². The molecule has 25 heavy (non-hydrogen) atoms. The van der Waals surface area contributed by atoms with Crippen molar-refractivity contribution in [2.75, 3.05) is 7.11 Å². The molecule has 1 saturated carbocycles. The molecule has 0 aliphatic heterocycles. The van der Waals surface area contributed by atoms with E-state index in [4.69, 9.17) is 4.74 Å². The number of nitrogens with zero attached hydrogens (tertiary/aromatic N) is 4. The van der Waals surface area contributed by atoms with Crippen molar-refractivity contribution in [3.63, 3.8) is 0 Å². The summed E-state index contributed by atoms with van der Waals surface area (Å²) >= 11 is 0. The van der Waals surface area contributed by atoms with Gasteiger partial charge in [-0.2, -0.15) is 0 Å². The van der Waals surface area contributed by atoms with Gasteiger partial charge >= 0.3 is 12.1 Å². The van der Waals surface area contributed by atoms with Crippen molar-refractivity contribution >= 4 is 12.1 Å². The van der Waals surface area contributed by atoms with Gasteiger partial charge in [0.1, 0.15) is 12.1 Å². The van der Waals surface area contributed by atoms with Crippen LogP contribution >= 0.6 is 0 Å². The first-order chi connectivity index (χ1) is 11.8. The topological polar surface area (TPSA) is 120 Å². The maximum Gasteiger partial charge on any atom is 0.422 e. The molecule has 1 amide bonds. The van der Waals surface area contributed by atoms with Crippen molar-refractivity contribution in [3.05, 3.63) is 5.82 Å². The molecule has 10 nitrogen and oxygen atoms in total. The number of esters is 1. The summed E-state index contributed by atoms with van der Waals surface area (Å²) in [6, 6.07) is 0. The number of carbonyl (C=O) groups excluding carboxylic acids is 2. The van der Waals surface area contributed by atoms with Crippen LogP contribution in [0.4, 0.5) is 4.79 Å². The van der Waals surface area contributed by atoms with Gasteiger partial charge in [0.25, 0.3) is 0 Å². The van der Waals surface area contributed by atoms with Gasteiger partial charge in [-0.05, 0) is 44.0 Å². The minimum absolute atomic E-state index is 0.0886.